The number of carboxylic acids is 1. The van der Waals surface area contributed by atoms with Crippen LogP contribution >= 0.6 is 0 Å². The summed E-state index contributed by atoms with van der Waals surface area (Å²) in [5, 5.41) is 23.2. The second kappa shape index (κ2) is 7.27. The van der Waals surface area contributed by atoms with Crippen molar-refractivity contribution in [3.8, 4) is 0 Å². The van der Waals surface area contributed by atoms with Crippen molar-refractivity contribution in [1.29, 1.82) is 0 Å². The van der Waals surface area contributed by atoms with Crippen molar-refractivity contribution >= 4 is 11.9 Å². The molecule has 24 heavy (non-hydrogen) atoms. The van der Waals surface area contributed by atoms with Crippen LogP contribution in [0.4, 0.5) is 0 Å². The zero-order valence-corrected chi connectivity index (χ0v) is 13.9. The number of benzene rings is 1. The van der Waals surface area contributed by atoms with Gasteiger partial charge in [0.2, 0.25) is 5.91 Å². The van der Waals surface area contributed by atoms with Gasteiger partial charge in [0.1, 0.15) is 6.10 Å². The van der Waals surface area contributed by atoms with Crippen LogP contribution in [0, 0.1) is 6.92 Å². The quantitative estimate of drug-likeness (QED) is 0.828. The highest BCUT2D eigenvalue weighted by atomic mass is 16.4. The first-order valence-electron chi connectivity index (χ1n) is 7.52. The van der Waals surface area contributed by atoms with Gasteiger partial charge in [-0.05, 0) is 36.2 Å². The molecule has 0 aliphatic heterocycles. The minimum Gasteiger partial charge on any atom is -0.478 e. The summed E-state index contributed by atoms with van der Waals surface area (Å²) in [5.74, 6) is -1.14. The molecule has 1 aromatic carbocycles. The lowest BCUT2D eigenvalue weighted by Crippen LogP contribution is -2.33. The summed E-state index contributed by atoms with van der Waals surface area (Å²) in [6.07, 6.45) is 0.926. The minimum atomic E-state index is -0.993. The van der Waals surface area contributed by atoms with Crippen molar-refractivity contribution in [3.05, 3.63) is 52.8 Å². The Kier molecular flexibility index (Phi) is 5.35. The van der Waals surface area contributed by atoms with E-state index in [2.05, 4.69) is 5.10 Å². The molecule has 128 valence electrons. The lowest BCUT2D eigenvalue weighted by molar-refractivity contribution is -0.130. The maximum atomic E-state index is 12.3. The van der Waals surface area contributed by atoms with Crippen LogP contribution in [0.5, 0.6) is 0 Å². The molecule has 0 spiro atoms. The fourth-order valence-corrected chi connectivity index (χ4v) is 2.49. The van der Waals surface area contributed by atoms with E-state index in [0.717, 1.165) is 11.1 Å². The zero-order chi connectivity index (χ0) is 17.9. The van der Waals surface area contributed by atoms with Crippen LogP contribution in [0.15, 0.2) is 30.5 Å². The summed E-state index contributed by atoms with van der Waals surface area (Å²) in [7, 11) is 3.36. The minimum absolute atomic E-state index is 0.151. The summed E-state index contributed by atoms with van der Waals surface area (Å²) in [4.78, 5) is 24.8. The van der Waals surface area contributed by atoms with Crippen molar-refractivity contribution < 1.29 is 19.8 Å². The van der Waals surface area contributed by atoms with Gasteiger partial charge in [0.25, 0.3) is 0 Å². The number of likely N-dealkylation sites (N-methyl/N-ethyl adjacent to an activating group) is 1. The lowest BCUT2D eigenvalue weighted by atomic mass is 10.0. The van der Waals surface area contributed by atoms with Gasteiger partial charge in [-0.1, -0.05) is 6.07 Å². The average molecular weight is 331 g/mol. The molecule has 1 unspecified atom stereocenters. The molecular weight excluding hydrogens is 310 g/mol. The van der Waals surface area contributed by atoms with Gasteiger partial charge in [-0.15, -0.1) is 0 Å². The molecule has 7 heteroatoms. The Hall–Kier alpha value is -2.67. The number of carboxylic acid groups (broad SMARTS) is 1. The van der Waals surface area contributed by atoms with E-state index in [9.17, 15) is 14.7 Å². The molecule has 2 N–H and O–H groups in total. The van der Waals surface area contributed by atoms with Crippen molar-refractivity contribution in [3.63, 3.8) is 0 Å². The van der Waals surface area contributed by atoms with E-state index in [1.54, 1.807) is 50.1 Å². The number of rotatable bonds is 6. The van der Waals surface area contributed by atoms with Crippen LogP contribution < -0.4 is 0 Å². The van der Waals surface area contributed by atoms with Crippen LogP contribution in [0.25, 0.3) is 0 Å². The number of hydrogen-bond donors (Lipinski definition) is 2. The molecule has 0 saturated carbocycles. The molecule has 0 radical (unpaired) electrons. The number of hydrogen-bond acceptors (Lipinski definition) is 4. The summed E-state index contributed by atoms with van der Waals surface area (Å²) < 4.78 is 1.57. The molecule has 0 fully saturated rings. The molecule has 1 aromatic heterocycles. The highest BCUT2D eigenvalue weighted by Gasteiger charge is 2.18. The van der Waals surface area contributed by atoms with Gasteiger partial charge in [0, 0.05) is 20.3 Å². The molecule has 2 rings (SSSR count). The first-order valence-corrected chi connectivity index (χ1v) is 7.52. The maximum absolute atomic E-state index is 12.3. The zero-order valence-electron chi connectivity index (χ0n) is 13.9. The maximum Gasteiger partial charge on any atom is 0.335 e. The van der Waals surface area contributed by atoms with Crippen molar-refractivity contribution in [2.45, 2.75) is 19.4 Å². The molecule has 1 heterocycles. The highest BCUT2D eigenvalue weighted by molar-refractivity contribution is 5.88. The number of carbonyl (C=O) groups excluding carboxylic acids is 1. The monoisotopic (exact) mass is 331 g/mol. The van der Waals surface area contributed by atoms with Crippen molar-refractivity contribution in [1.82, 2.24) is 14.7 Å². The second-order valence-corrected chi connectivity index (χ2v) is 5.79. The van der Waals surface area contributed by atoms with Gasteiger partial charge in [0.15, 0.2) is 0 Å². The second-order valence-electron chi connectivity index (χ2n) is 5.79. The van der Waals surface area contributed by atoms with Crippen LogP contribution in [-0.4, -0.2) is 50.4 Å². The molecule has 7 nitrogen and oxygen atoms in total. The molecule has 1 atom stereocenters. The van der Waals surface area contributed by atoms with Crippen molar-refractivity contribution in [2.75, 3.05) is 13.6 Å². The number of nitrogens with zero attached hydrogens (tertiary/aromatic N) is 3. The fraction of sp³-hybridized carbons (Fsp3) is 0.353. The topological polar surface area (TPSA) is 95.7 Å². The Bertz CT molecular complexity index is 754. The molecule has 2 aromatic rings. The number of aromatic nitrogens is 2. The average Bonchev–Trinajstić information content (AvgIpc) is 2.95. The first-order chi connectivity index (χ1) is 11.3. The Labute approximate surface area is 140 Å². The van der Waals surface area contributed by atoms with E-state index in [-0.39, 0.29) is 24.4 Å². The van der Waals surface area contributed by atoms with E-state index in [4.69, 9.17) is 5.11 Å². The number of aryl methyl sites for hydroxylation is 2. The van der Waals surface area contributed by atoms with Crippen LogP contribution in [0.3, 0.4) is 0 Å². The Morgan fingerprint density at radius 1 is 1.33 bits per heavy atom. The van der Waals surface area contributed by atoms with E-state index in [1.165, 1.54) is 11.0 Å². The summed E-state index contributed by atoms with van der Waals surface area (Å²) in [6.45, 7) is 1.93. The van der Waals surface area contributed by atoms with Gasteiger partial charge in [-0.2, -0.15) is 5.10 Å². The standard InChI is InChI=1S/C17H21N3O4/c1-11-8-13(17(23)24)5-4-12(11)9-16(22)19(2)10-15(21)14-6-7-18-20(14)3/h4-8,15,21H,9-10H2,1-3H3,(H,23,24). The summed E-state index contributed by atoms with van der Waals surface area (Å²) in [5.41, 5.74) is 2.36. The highest BCUT2D eigenvalue weighted by Crippen LogP contribution is 2.15. The molecule has 0 bridgehead atoms. The smallest absolute Gasteiger partial charge is 0.335 e. The normalized spacial score (nSPS) is 12.0. The predicted molar refractivity (Wildman–Crippen MR) is 87.6 cm³/mol. The van der Waals surface area contributed by atoms with Crippen LogP contribution in [0.2, 0.25) is 0 Å². The number of carbonyl (C=O) groups is 2. The van der Waals surface area contributed by atoms with Crippen molar-refractivity contribution in [2.24, 2.45) is 7.05 Å². The van der Waals surface area contributed by atoms with E-state index < -0.39 is 12.1 Å². The Morgan fingerprint density at radius 2 is 2.04 bits per heavy atom. The third-order valence-electron chi connectivity index (χ3n) is 4.00. The van der Waals surface area contributed by atoms with E-state index in [1.807, 2.05) is 0 Å². The molecule has 1 amide bonds. The molecule has 0 saturated heterocycles. The number of aliphatic hydroxyl groups excluding tert-OH is 1. The lowest BCUT2D eigenvalue weighted by Gasteiger charge is -2.21. The van der Waals surface area contributed by atoms with Gasteiger partial charge in [-0.3, -0.25) is 9.48 Å². The Morgan fingerprint density at radius 3 is 2.58 bits per heavy atom. The molecular formula is C17H21N3O4. The molecule has 0 aliphatic carbocycles. The van der Waals surface area contributed by atoms with Crippen LogP contribution in [0.1, 0.15) is 33.3 Å². The summed E-state index contributed by atoms with van der Waals surface area (Å²) >= 11 is 0. The SMILES string of the molecule is Cc1cc(C(=O)O)ccc1CC(=O)N(C)CC(O)c1ccnn1C. The van der Waals surface area contributed by atoms with Gasteiger partial charge < -0.3 is 15.1 Å². The van der Waals surface area contributed by atoms with Gasteiger partial charge in [0.05, 0.1) is 24.2 Å². The van der Waals surface area contributed by atoms with E-state index in [0.29, 0.717) is 5.69 Å². The van der Waals surface area contributed by atoms with Gasteiger partial charge in [-0.25, -0.2) is 4.79 Å². The third kappa shape index (κ3) is 3.99. The largest absolute Gasteiger partial charge is 0.478 e. The predicted octanol–water partition coefficient (Wildman–Crippen LogP) is 1.16. The summed E-state index contributed by atoms with van der Waals surface area (Å²) in [6, 6.07) is 6.40. The molecule has 0 aliphatic rings. The number of aliphatic hydroxyl groups is 1. The third-order valence-corrected chi connectivity index (χ3v) is 4.00. The fourth-order valence-electron chi connectivity index (χ4n) is 2.49. The van der Waals surface area contributed by atoms with Gasteiger partial charge >= 0.3 is 5.97 Å². The van der Waals surface area contributed by atoms with Crippen LogP contribution in [-0.2, 0) is 18.3 Å². The number of aromatic carboxylic acids is 1. The van der Waals surface area contributed by atoms with E-state index >= 15 is 0 Å². The Balaban J connectivity index is 2.01. The first kappa shape index (κ1) is 17.7. The number of amides is 1.